The average molecular weight is 350 g/mol. The van der Waals surface area contributed by atoms with Gasteiger partial charge in [-0.3, -0.25) is 0 Å². The van der Waals surface area contributed by atoms with Crippen molar-refractivity contribution in [2.24, 2.45) is 5.41 Å². The molecule has 26 heavy (non-hydrogen) atoms. The SMILES string of the molecule is C=CC1([C@H](OCCc2ccccc2)C(=O)OCc2ccccc2)CCC1. The summed E-state index contributed by atoms with van der Waals surface area (Å²) in [6, 6.07) is 19.9. The first-order chi connectivity index (χ1) is 12.7. The van der Waals surface area contributed by atoms with Crippen LogP contribution < -0.4 is 0 Å². The molecule has 0 amide bonds. The van der Waals surface area contributed by atoms with Crippen LogP contribution in [0.2, 0.25) is 0 Å². The maximum absolute atomic E-state index is 12.8. The quantitative estimate of drug-likeness (QED) is 0.485. The van der Waals surface area contributed by atoms with Crippen LogP contribution in [-0.4, -0.2) is 18.7 Å². The Morgan fingerprint density at radius 3 is 2.19 bits per heavy atom. The summed E-state index contributed by atoms with van der Waals surface area (Å²) in [4.78, 5) is 12.8. The lowest BCUT2D eigenvalue weighted by Gasteiger charge is -2.43. The molecule has 2 aromatic carbocycles. The van der Waals surface area contributed by atoms with Gasteiger partial charge < -0.3 is 9.47 Å². The fraction of sp³-hybridized carbons (Fsp3) is 0.348. The molecule has 0 N–H and O–H groups in total. The van der Waals surface area contributed by atoms with E-state index < -0.39 is 6.10 Å². The smallest absolute Gasteiger partial charge is 0.336 e. The van der Waals surface area contributed by atoms with Crippen molar-refractivity contribution in [2.45, 2.75) is 38.4 Å². The van der Waals surface area contributed by atoms with Crippen LogP contribution in [0.25, 0.3) is 0 Å². The normalized spacial score (nSPS) is 16.3. The molecule has 136 valence electrons. The molecule has 0 bridgehead atoms. The third-order valence-electron chi connectivity index (χ3n) is 5.17. The topological polar surface area (TPSA) is 35.5 Å². The van der Waals surface area contributed by atoms with Gasteiger partial charge in [0.25, 0.3) is 0 Å². The number of esters is 1. The van der Waals surface area contributed by atoms with Crippen molar-refractivity contribution in [1.29, 1.82) is 0 Å². The number of hydrogen-bond donors (Lipinski definition) is 0. The van der Waals surface area contributed by atoms with Crippen molar-refractivity contribution in [3.63, 3.8) is 0 Å². The monoisotopic (exact) mass is 350 g/mol. The zero-order chi connectivity index (χ0) is 18.2. The van der Waals surface area contributed by atoms with Gasteiger partial charge in [-0.1, -0.05) is 73.2 Å². The van der Waals surface area contributed by atoms with E-state index in [9.17, 15) is 4.79 Å². The second-order valence-corrected chi connectivity index (χ2v) is 6.87. The highest BCUT2D eigenvalue weighted by atomic mass is 16.6. The zero-order valence-electron chi connectivity index (χ0n) is 15.1. The van der Waals surface area contributed by atoms with Crippen molar-refractivity contribution >= 4 is 5.97 Å². The Balaban J connectivity index is 1.61. The second-order valence-electron chi connectivity index (χ2n) is 6.87. The lowest BCUT2D eigenvalue weighted by atomic mass is 9.65. The van der Waals surface area contributed by atoms with Crippen LogP contribution in [0.3, 0.4) is 0 Å². The molecule has 2 aromatic rings. The molecular weight excluding hydrogens is 324 g/mol. The summed E-state index contributed by atoms with van der Waals surface area (Å²) in [6.45, 7) is 4.71. The molecule has 1 atom stereocenters. The third-order valence-corrected chi connectivity index (χ3v) is 5.17. The Labute approximate surface area is 155 Å². The van der Waals surface area contributed by atoms with Gasteiger partial charge in [0.05, 0.1) is 6.61 Å². The van der Waals surface area contributed by atoms with E-state index in [1.807, 2.05) is 54.6 Å². The van der Waals surface area contributed by atoms with Gasteiger partial charge in [0.15, 0.2) is 6.10 Å². The highest BCUT2D eigenvalue weighted by molar-refractivity contribution is 5.76. The molecule has 0 spiro atoms. The molecule has 0 radical (unpaired) electrons. The molecule has 3 nitrogen and oxygen atoms in total. The van der Waals surface area contributed by atoms with Crippen LogP contribution in [-0.2, 0) is 27.3 Å². The molecule has 1 fully saturated rings. The summed E-state index contributed by atoms with van der Waals surface area (Å²) in [5.41, 5.74) is 1.89. The van der Waals surface area contributed by atoms with Gasteiger partial charge in [0, 0.05) is 5.41 Å². The van der Waals surface area contributed by atoms with Crippen molar-refractivity contribution < 1.29 is 14.3 Å². The maximum atomic E-state index is 12.8. The number of ether oxygens (including phenoxy) is 2. The molecule has 1 aliphatic carbocycles. The van der Waals surface area contributed by atoms with Gasteiger partial charge in [-0.25, -0.2) is 4.79 Å². The van der Waals surface area contributed by atoms with E-state index >= 15 is 0 Å². The van der Waals surface area contributed by atoms with Gasteiger partial charge in [-0.2, -0.15) is 0 Å². The predicted octanol–water partition coefficient (Wildman–Crippen LogP) is 4.71. The maximum Gasteiger partial charge on any atom is 0.336 e. The molecule has 1 aliphatic rings. The molecule has 0 aliphatic heterocycles. The Kier molecular flexibility index (Phi) is 6.24. The number of benzene rings is 2. The number of hydrogen-bond acceptors (Lipinski definition) is 3. The number of carbonyl (C=O) groups excluding carboxylic acids is 1. The van der Waals surface area contributed by atoms with Crippen LogP contribution in [0.15, 0.2) is 73.3 Å². The summed E-state index contributed by atoms with van der Waals surface area (Å²) in [5, 5.41) is 0. The fourth-order valence-corrected chi connectivity index (χ4v) is 3.37. The first kappa shape index (κ1) is 18.4. The van der Waals surface area contributed by atoms with E-state index in [1.165, 1.54) is 5.56 Å². The largest absolute Gasteiger partial charge is 0.459 e. The van der Waals surface area contributed by atoms with Crippen molar-refractivity contribution in [2.75, 3.05) is 6.61 Å². The highest BCUT2D eigenvalue weighted by Gasteiger charge is 2.47. The molecule has 1 saturated carbocycles. The standard InChI is InChI=1S/C23H26O3/c1-2-23(15-9-16-23)21(25-17-14-19-10-5-3-6-11-19)22(24)26-18-20-12-7-4-8-13-20/h2-8,10-13,21H,1,9,14-18H2/t21-/m1/s1. The van der Waals surface area contributed by atoms with Crippen molar-refractivity contribution in [1.82, 2.24) is 0 Å². The molecule has 0 heterocycles. The minimum Gasteiger partial charge on any atom is -0.459 e. The second kappa shape index (κ2) is 8.81. The van der Waals surface area contributed by atoms with Gasteiger partial charge in [0.1, 0.15) is 6.61 Å². The molecule has 3 rings (SSSR count). The summed E-state index contributed by atoms with van der Waals surface area (Å²) < 4.78 is 11.6. The summed E-state index contributed by atoms with van der Waals surface area (Å²) in [5.74, 6) is -0.290. The third kappa shape index (κ3) is 4.41. The lowest BCUT2D eigenvalue weighted by molar-refractivity contribution is -0.170. The van der Waals surface area contributed by atoms with E-state index in [4.69, 9.17) is 9.47 Å². The minimum atomic E-state index is -0.582. The lowest BCUT2D eigenvalue weighted by Crippen LogP contribution is -2.47. The van der Waals surface area contributed by atoms with Crippen LogP contribution in [0.4, 0.5) is 0 Å². The highest BCUT2D eigenvalue weighted by Crippen LogP contribution is 2.46. The molecule has 3 heteroatoms. The van der Waals surface area contributed by atoms with E-state index in [2.05, 4.69) is 18.7 Å². The first-order valence-electron chi connectivity index (χ1n) is 9.23. The zero-order valence-corrected chi connectivity index (χ0v) is 15.1. The molecule has 0 aromatic heterocycles. The van der Waals surface area contributed by atoms with Crippen LogP contribution in [0, 0.1) is 5.41 Å². The van der Waals surface area contributed by atoms with Crippen LogP contribution in [0.5, 0.6) is 0 Å². The van der Waals surface area contributed by atoms with E-state index in [-0.39, 0.29) is 18.0 Å². The predicted molar refractivity (Wildman–Crippen MR) is 103 cm³/mol. The molecular formula is C23H26O3. The Bertz CT molecular complexity index is 705. The number of rotatable bonds is 9. The Hall–Kier alpha value is -2.39. The van der Waals surface area contributed by atoms with E-state index in [0.717, 1.165) is 31.2 Å². The van der Waals surface area contributed by atoms with Crippen LogP contribution in [0.1, 0.15) is 30.4 Å². The molecule has 0 unspecified atom stereocenters. The minimum absolute atomic E-state index is 0.269. The Morgan fingerprint density at radius 2 is 1.65 bits per heavy atom. The molecule has 0 saturated heterocycles. The summed E-state index contributed by atoms with van der Waals surface area (Å²) in [7, 11) is 0. The van der Waals surface area contributed by atoms with Crippen molar-refractivity contribution in [3.05, 3.63) is 84.4 Å². The van der Waals surface area contributed by atoms with Gasteiger partial charge in [-0.15, -0.1) is 6.58 Å². The summed E-state index contributed by atoms with van der Waals surface area (Å²) in [6.07, 6.45) is 5.02. The van der Waals surface area contributed by atoms with Gasteiger partial charge >= 0.3 is 5.97 Å². The Morgan fingerprint density at radius 1 is 1.04 bits per heavy atom. The summed E-state index contributed by atoms with van der Waals surface area (Å²) >= 11 is 0. The first-order valence-corrected chi connectivity index (χ1v) is 9.23. The van der Waals surface area contributed by atoms with E-state index in [0.29, 0.717) is 6.61 Å². The number of carbonyl (C=O) groups is 1. The fourth-order valence-electron chi connectivity index (χ4n) is 3.37. The van der Waals surface area contributed by atoms with Crippen LogP contribution >= 0.6 is 0 Å². The van der Waals surface area contributed by atoms with Gasteiger partial charge in [0.2, 0.25) is 0 Å². The van der Waals surface area contributed by atoms with Gasteiger partial charge in [-0.05, 0) is 30.4 Å². The van der Waals surface area contributed by atoms with Crippen molar-refractivity contribution in [3.8, 4) is 0 Å². The van der Waals surface area contributed by atoms with E-state index in [1.54, 1.807) is 0 Å². The average Bonchev–Trinajstić information content (AvgIpc) is 2.66.